The van der Waals surface area contributed by atoms with Crippen LogP contribution in [0.15, 0.2) is 52.3 Å². The van der Waals surface area contributed by atoms with E-state index < -0.39 is 35.0 Å². The van der Waals surface area contributed by atoms with Gasteiger partial charge in [0, 0.05) is 18.1 Å². The van der Waals surface area contributed by atoms with Gasteiger partial charge in [0.1, 0.15) is 27.7 Å². The third-order valence-electron chi connectivity index (χ3n) is 4.56. The molecule has 0 unspecified atom stereocenters. The molecular formula is C20H21N5O5S2. The topological polar surface area (TPSA) is 126 Å². The zero-order valence-corrected chi connectivity index (χ0v) is 19.1. The number of aromatic nitrogens is 3. The first-order valence-electron chi connectivity index (χ1n) is 9.68. The second-order valence-corrected chi connectivity index (χ2v) is 10.1. The van der Waals surface area contributed by atoms with E-state index in [-0.39, 0.29) is 5.70 Å². The third-order valence-corrected chi connectivity index (χ3v) is 6.59. The van der Waals surface area contributed by atoms with Gasteiger partial charge in [-0.3, -0.25) is 9.69 Å². The minimum Gasteiger partial charge on any atom is -0.477 e. The van der Waals surface area contributed by atoms with Gasteiger partial charge in [0.15, 0.2) is 5.65 Å². The molecule has 10 nitrogen and oxygen atoms in total. The van der Waals surface area contributed by atoms with E-state index >= 15 is 0 Å². The Bertz CT molecular complexity index is 1150. The number of imidazole rings is 1. The standard InChI is InChI=1S/C20H21N5O5S2/c1-20(2,3)30-19(29)22-14-16(26)25-15(18(27)28)11(10-32-17(14)25)6-9-31-13-5-4-12-21-7-8-24(12)23-13/h4-9,14,17H,10H2,1-3H3,(H,22,29)(H,27,28)/b9-6+/t14-,17+/m1/s1. The van der Waals surface area contributed by atoms with Gasteiger partial charge in [-0.15, -0.1) is 11.8 Å². The number of carboxylic acid groups (broad SMARTS) is 1. The molecule has 0 bridgehead atoms. The molecule has 2 atom stereocenters. The number of amides is 2. The van der Waals surface area contributed by atoms with Crippen molar-refractivity contribution >= 4 is 47.1 Å². The largest absolute Gasteiger partial charge is 0.477 e. The van der Waals surface area contributed by atoms with Gasteiger partial charge in [-0.25, -0.2) is 19.1 Å². The van der Waals surface area contributed by atoms with E-state index in [2.05, 4.69) is 15.4 Å². The van der Waals surface area contributed by atoms with Crippen LogP contribution in [-0.2, 0) is 14.3 Å². The van der Waals surface area contributed by atoms with E-state index in [0.29, 0.717) is 16.4 Å². The molecule has 2 aliphatic heterocycles. The maximum Gasteiger partial charge on any atom is 0.408 e. The molecule has 168 valence electrons. The van der Waals surface area contributed by atoms with Crippen LogP contribution < -0.4 is 5.32 Å². The van der Waals surface area contributed by atoms with Crippen LogP contribution in [0.5, 0.6) is 0 Å². The smallest absolute Gasteiger partial charge is 0.408 e. The summed E-state index contributed by atoms with van der Waals surface area (Å²) >= 11 is 2.72. The number of thioether (sulfide) groups is 2. The monoisotopic (exact) mass is 475 g/mol. The van der Waals surface area contributed by atoms with E-state index in [0.717, 1.165) is 5.65 Å². The number of hydrogen-bond donors (Lipinski definition) is 2. The average molecular weight is 476 g/mol. The zero-order chi connectivity index (χ0) is 23.0. The summed E-state index contributed by atoms with van der Waals surface area (Å²) in [6, 6.07) is 2.83. The van der Waals surface area contributed by atoms with Crippen LogP contribution in [0, 0.1) is 0 Å². The molecule has 1 saturated heterocycles. The molecule has 0 saturated carbocycles. The van der Waals surface area contributed by atoms with E-state index in [1.807, 2.05) is 12.1 Å². The van der Waals surface area contributed by atoms with Crippen molar-refractivity contribution in [2.75, 3.05) is 5.75 Å². The minimum atomic E-state index is -1.19. The van der Waals surface area contributed by atoms with Gasteiger partial charge in [0.2, 0.25) is 0 Å². The second-order valence-electron chi connectivity index (χ2n) is 8.03. The summed E-state index contributed by atoms with van der Waals surface area (Å²) < 4.78 is 6.85. The number of carbonyl (C=O) groups is 3. The summed E-state index contributed by atoms with van der Waals surface area (Å²) in [5.41, 5.74) is 0.472. The van der Waals surface area contributed by atoms with Crippen LogP contribution in [0.1, 0.15) is 20.8 Å². The summed E-state index contributed by atoms with van der Waals surface area (Å²) in [6.07, 6.45) is 4.37. The van der Waals surface area contributed by atoms with Crippen LogP contribution >= 0.6 is 23.5 Å². The van der Waals surface area contributed by atoms with Crippen molar-refractivity contribution in [3.05, 3.63) is 47.3 Å². The lowest BCUT2D eigenvalue weighted by Gasteiger charge is -2.49. The highest BCUT2D eigenvalue weighted by atomic mass is 32.2. The van der Waals surface area contributed by atoms with Crippen molar-refractivity contribution < 1.29 is 24.2 Å². The molecule has 0 spiro atoms. The first-order chi connectivity index (χ1) is 15.1. The second kappa shape index (κ2) is 8.51. The third kappa shape index (κ3) is 4.46. The molecule has 2 aromatic heterocycles. The Labute approximate surface area is 192 Å². The van der Waals surface area contributed by atoms with Crippen molar-refractivity contribution in [1.82, 2.24) is 24.8 Å². The van der Waals surface area contributed by atoms with Crippen LogP contribution in [0.3, 0.4) is 0 Å². The fourth-order valence-electron chi connectivity index (χ4n) is 3.25. The van der Waals surface area contributed by atoms with Gasteiger partial charge < -0.3 is 15.2 Å². The van der Waals surface area contributed by atoms with Crippen molar-refractivity contribution in [2.24, 2.45) is 0 Å². The highest BCUT2D eigenvalue weighted by Gasteiger charge is 2.54. The van der Waals surface area contributed by atoms with E-state index in [4.69, 9.17) is 4.74 Å². The van der Waals surface area contributed by atoms with Crippen molar-refractivity contribution in [3.8, 4) is 0 Å². The maximum absolute atomic E-state index is 12.6. The summed E-state index contributed by atoms with van der Waals surface area (Å²) in [7, 11) is 0. The molecule has 0 aromatic carbocycles. The Balaban J connectivity index is 1.47. The lowest BCUT2D eigenvalue weighted by molar-refractivity contribution is -0.149. The van der Waals surface area contributed by atoms with Gasteiger partial charge in [-0.2, -0.15) is 5.10 Å². The summed E-state index contributed by atoms with van der Waals surface area (Å²) in [4.78, 5) is 42.0. The number of rotatable bonds is 5. The molecule has 12 heteroatoms. The molecule has 2 aliphatic rings. The van der Waals surface area contributed by atoms with Crippen molar-refractivity contribution in [3.63, 3.8) is 0 Å². The normalized spacial score (nSPS) is 21.0. The number of aliphatic carboxylic acids is 1. The molecular weight excluding hydrogens is 454 g/mol. The predicted octanol–water partition coefficient (Wildman–Crippen LogP) is 2.48. The SMILES string of the molecule is CC(C)(C)OC(=O)N[C@@H]1C(=O)N2C(C(=O)O)=C(/C=C/Sc3ccc4nccn4n3)CS[C@@H]12. The lowest BCUT2D eigenvalue weighted by Crippen LogP contribution is -2.70. The number of alkyl carbamates (subject to hydrolysis) is 1. The highest BCUT2D eigenvalue weighted by molar-refractivity contribution is 8.02. The highest BCUT2D eigenvalue weighted by Crippen LogP contribution is 2.41. The number of fused-ring (bicyclic) bond motifs is 2. The fourth-order valence-corrected chi connectivity index (χ4v) is 5.22. The number of carboxylic acids is 1. The first-order valence-corrected chi connectivity index (χ1v) is 11.6. The number of allylic oxidation sites excluding steroid dienone is 1. The van der Waals surface area contributed by atoms with Crippen LogP contribution in [-0.4, -0.2) is 65.3 Å². The number of carbonyl (C=O) groups excluding carboxylic acids is 2. The average Bonchev–Trinajstić information content (AvgIpc) is 3.18. The van der Waals surface area contributed by atoms with Crippen LogP contribution in [0.2, 0.25) is 0 Å². The van der Waals surface area contributed by atoms with E-state index in [1.54, 1.807) is 49.2 Å². The molecule has 1 fully saturated rings. The first kappa shape index (κ1) is 22.2. The molecule has 2 N–H and O–H groups in total. The Kier molecular flexibility index (Phi) is 5.91. The predicted molar refractivity (Wildman–Crippen MR) is 119 cm³/mol. The Morgan fingerprint density at radius 2 is 2.16 bits per heavy atom. The lowest BCUT2D eigenvalue weighted by atomic mass is 10.0. The Hall–Kier alpha value is -2.99. The molecule has 2 aromatic rings. The number of hydrogen-bond acceptors (Lipinski definition) is 8. The zero-order valence-electron chi connectivity index (χ0n) is 17.5. The molecule has 32 heavy (non-hydrogen) atoms. The van der Waals surface area contributed by atoms with Gasteiger partial charge in [-0.05, 0) is 50.0 Å². The summed E-state index contributed by atoms with van der Waals surface area (Å²) in [5, 5.41) is 18.7. The van der Waals surface area contributed by atoms with E-state index in [9.17, 15) is 19.5 Å². The molecule has 2 amide bonds. The van der Waals surface area contributed by atoms with Crippen LogP contribution in [0.4, 0.5) is 4.79 Å². The quantitative estimate of drug-likeness (QED) is 0.495. The number of nitrogens with one attached hydrogen (secondary N) is 1. The van der Waals surface area contributed by atoms with Crippen molar-refractivity contribution in [2.45, 2.75) is 42.8 Å². The number of β-lactam (4-membered cyclic amide) rings is 1. The number of ether oxygens (including phenoxy) is 1. The summed E-state index contributed by atoms with van der Waals surface area (Å²) in [5.74, 6) is -1.29. The van der Waals surface area contributed by atoms with Gasteiger partial charge in [-0.1, -0.05) is 11.8 Å². The fraction of sp³-hybridized carbons (Fsp3) is 0.350. The van der Waals surface area contributed by atoms with Crippen molar-refractivity contribution in [1.29, 1.82) is 0 Å². The molecule has 4 rings (SSSR count). The minimum absolute atomic E-state index is 0.0733. The van der Waals surface area contributed by atoms with Gasteiger partial charge >= 0.3 is 12.1 Å². The van der Waals surface area contributed by atoms with Gasteiger partial charge in [0.05, 0.1) is 0 Å². The maximum atomic E-state index is 12.6. The van der Waals surface area contributed by atoms with E-state index in [1.165, 1.54) is 28.4 Å². The van der Waals surface area contributed by atoms with Crippen LogP contribution in [0.25, 0.3) is 5.65 Å². The molecule has 0 aliphatic carbocycles. The molecule has 4 heterocycles. The van der Waals surface area contributed by atoms with Gasteiger partial charge in [0.25, 0.3) is 5.91 Å². The Morgan fingerprint density at radius 3 is 2.88 bits per heavy atom. The Morgan fingerprint density at radius 1 is 1.38 bits per heavy atom. The molecule has 0 radical (unpaired) electrons. The number of nitrogens with zero attached hydrogens (tertiary/aromatic N) is 4. The summed E-state index contributed by atoms with van der Waals surface area (Å²) in [6.45, 7) is 5.17.